The molecule has 16 heavy (non-hydrogen) atoms. The molecule has 1 aromatic rings. The van der Waals surface area contributed by atoms with E-state index in [0.29, 0.717) is 6.54 Å². The Kier molecular flexibility index (Phi) is 4.43. The van der Waals surface area contributed by atoms with Gasteiger partial charge in [-0.05, 0) is 32.5 Å². The van der Waals surface area contributed by atoms with Crippen molar-refractivity contribution in [1.29, 1.82) is 0 Å². The summed E-state index contributed by atoms with van der Waals surface area (Å²) in [5, 5.41) is 0. The minimum absolute atomic E-state index is 0.220. The molecule has 4 nitrogen and oxygen atoms in total. The van der Waals surface area contributed by atoms with Gasteiger partial charge in [-0.25, -0.2) is 0 Å². The molecule has 1 amide bonds. The van der Waals surface area contributed by atoms with Crippen LogP contribution in [0.1, 0.15) is 24.7 Å². The lowest BCUT2D eigenvalue weighted by molar-refractivity contribution is -0.123. The molecule has 0 aliphatic heterocycles. The van der Waals surface area contributed by atoms with Gasteiger partial charge in [0.05, 0.1) is 11.7 Å². The molecule has 0 aliphatic carbocycles. The van der Waals surface area contributed by atoms with Gasteiger partial charge in [-0.3, -0.25) is 14.7 Å². The molecule has 88 valence electrons. The number of rotatable bonds is 5. The zero-order valence-electron chi connectivity index (χ0n) is 10.1. The number of hydrogen-bond acceptors (Lipinski definition) is 3. The minimum Gasteiger partial charge on any atom is -0.368 e. The topological polar surface area (TPSA) is 59.2 Å². The van der Waals surface area contributed by atoms with Gasteiger partial charge >= 0.3 is 0 Å². The van der Waals surface area contributed by atoms with Crippen molar-refractivity contribution in [2.45, 2.75) is 32.9 Å². The summed E-state index contributed by atoms with van der Waals surface area (Å²) in [7, 11) is 1.89. The normalized spacial score (nSPS) is 12.8. The molecule has 1 heterocycles. The molecule has 4 heteroatoms. The van der Waals surface area contributed by atoms with Crippen molar-refractivity contribution in [2.75, 3.05) is 7.05 Å². The van der Waals surface area contributed by atoms with Crippen LogP contribution in [0, 0.1) is 6.92 Å². The van der Waals surface area contributed by atoms with Crippen LogP contribution in [0.4, 0.5) is 0 Å². The zero-order chi connectivity index (χ0) is 12.1. The molecule has 0 spiro atoms. The first-order chi connectivity index (χ1) is 7.54. The summed E-state index contributed by atoms with van der Waals surface area (Å²) >= 11 is 0. The first-order valence-corrected chi connectivity index (χ1v) is 5.46. The van der Waals surface area contributed by atoms with E-state index in [1.807, 2.05) is 44.0 Å². The van der Waals surface area contributed by atoms with Gasteiger partial charge in [0.1, 0.15) is 0 Å². The number of primary amides is 1. The van der Waals surface area contributed by atoms with Gasteiger partial charge in [-0.2, -0.15) is 0 Å². The Balaban J connectivity index is 2.69. The smallest absolute Gasteiger partial charge is 0.234 e. The van der Waals surface area contributed by atoms with E-state index in [4.69, 9.17) is 5.73 Å². The molecule has 0 saturated carbocycles. The third kappa shape index (κ3) is 3.31. The van der Waals surface area contributed by atoms with Crippen LogP contribution in [0.25, 0.3) is 0 Å². The largest absolute Gasteiger partial charge is 0.368 e. The van der Waals surface area contributed by atoms with Crippen LogP contribution in [-0.4, -0.2) is 28.9 Å². The van der Waals surface area contributed by atoms with E-state index in [1.165, 1.54) is 0 Å². The van der Waals surface area contributed by atoms with E-state index in [1.54, 1.807) is 0 Å². The average molecular weight is 221 g/mol. The van der Waals surface area contributed by atoms with Gasteiger partial charge < -0.3 is 5.73 Å². The molecule has 0 bridgehead atoms. The van der Waals surface area contributed by atoms with E-state index in [2.05, 4.69) is 4.98 Å². The summed E-state index contributed by atoms with van der Waals surface area (Å²) in [4.78, 5) is 17.5. The predicted molar refractivity (Wildman–Crippen MR) is 63.7 cm³/mol. The average Bonchev–Trinajstić information content (AvgIpc) is 2.17. The SMILES string of the molecule is CCC(C(N)=O)N(C)Cc1cccc(C)n1. The summed E-state index contributed by atoms with van der Waals surface area (Å²) in [5.74, 6) is -0.280. The highest BCUT2D eigenvalue weighted by atomic mass is 16.1. The van der Waals surface area contributed by atoms with E-state index in [9.17, 15) is 4.79 Å². The number of carbonyl (C=O) groups is 1. The van der Waals surface area contributed by atoms with Crippen LogP contribution >= 0.6 is 0 Å². The number of carbonyl (C=O) groups excluding carboxylic acids is 1. The summed E-state index contributed by atoms with van der Waals surface area (Å²) in [6.07, 6.45) is 0.720. The van der Waals surface area contributed by atoms with Crippen molar-refractivity contribution in [2.24, 2.45) is 5.73 Å². The van der Waals surface area contributed by atoms with Gasteiger partial charge in [0.15, 0.2) is 0 Å². The first-order valence-electron chi connectivity index (χ1n) is 5.46. The number of aromatic nitrogens is 1. The molecular weight excluding hydrogens is 202 g/mol. The Morgan fingerprint density at radius 3 is 2.75 bits per heavy atom. The molecule has 1 rings (SSSR count). The molecule has 2 N–H and O–H groups in total. The lowest BCUT2D eigenvalue weighted by Gasteiger charge is -2.23. The Morgan fingerprint density at radius 2 is 2.25 bits per heavy atom. The lowest BCUT2D eigenvalue weighted by atomic mass is 10.2. The van der Waals surface area contributed by atoms with Gasteiger partial charge in [-0.1, -0.05) is 13.0 Å². The van der Waals surface area contributed by atoms with Crippen molar-refractivity contribution < 1.29 is 4.79 Å². The minimum atomic E-state index is -0.280. The third-order valence-electron chi connectivity index (χ3n) is 2.60. The molecule has 0 aromatic carbocycles. The van der Waals surface area contributed by atoms with E-state index in [-0.39, 0.29) is 11.9 Å². The summed E-state index contributed by atoms with van der Waals surface area (Å²) in [5.41, 5.74) is 7.28. The number of nitrogens with zero attached hydrogens (tertiary/aromatic N) is 2. The number of aryl methyl sites for hydroxylation is 1. The Bertz CT molecular complexity index is 365. The number of likely N-dealkylation sites (N-methyl/N-ethyl adjacent to an activating group) is 1. The second-order valence-electron chi connectivity index (χ2n) is 4.01. The molecule has 0 radical (unpaired) electrons. The fourth-order valence-corrected chi connectivity index (χ4v) is 1.78. The zero-order valence-corrected chi connectivity index (χ0v) is 10.1. The van der Waals surface area contributed by atoms with Crippen LogP contribution < -0.4 is 5.73 Å². The number of nitrogens with two attached hydrogens (primary N) is 1. The van der Waals surface area contributed by atoms with E-state index in [0.717, 1.165) is 17.8 Å². The number of pyridine rings is 1. The van der Waals surface area contributed by atoms with Crippen molar-refractivity contribution in [1.82, 2.24) is 9.88 Å². The summed E-state index contributed by atoms with van der Waals surface area (Å²) in [6.45, 7) is 4.55. The molecule has 0 aliphatic rings. The molecule has 0 fully saturated rings. The molecule has 1 aromatic heterocycles. The van der Waals surface area contributed by atoms with Crippen LogP contribution in [0.2, 0.25) is 0 Å². The van der Waals surface area contributed by atoms with Crippen molar-refractivity contribution in [3.8, 4) is 0 Å². The molecule has 1 unspecified atom stereocenters. The standard InChI is InChI=1S/C12H19N3O/c1-4-11(12(13)16)15(3)8-10-7-5-6-9(2)14-10/h5-7,11H,4,8H2,1-3H3,(H2,13,16). The van der Waals surface area contributed by atoms with Crippen molar-refractivity contribution >= 4 is 5.91 Å². The van der Waals surface area contributed by atoms with Gasteiger partial charge in [0, 0.05) is 12.2 Å². The predicted octanol–water partition coefficient (Wildman–Crippen LogP) is 1.09. The Labute approximate surface area is 96.5 Å². The maximum atomic E-state index is 11.2. The molecule has 1 atom stereocenters. The van der Waals surface area contributed by atoms with Crippen LogP contribution in [0.3, 0.4) is 0 Å². The Hall–Kier alpha value is -1.42. The monoisotopic (exact) mass is 221 g/mol. The van der Waals surface area contributed by atoms with Gasteiger partial charge in [0.2, 0.25) is 5.91 Å². The summed E-state index contributed by atoms with van der Waals surface area (Å²) in [6, 6.07) is 5.66. The fourth-order valence-electron chi connectivity index (χ4n) is 1.78. The Morgan fingerprint density at radius 1 is 1.56 bits per heavy atom. The number of amides is 1. The van der Waals surface area contributed by atoms with Crippen molar-refractivity contribution in [3.05, 3.63) is 29.6 Å². The maximum absolute atomic E-state index is 11.2. The van der Waals surface area contributed by atoms with Crippen molar-refractivity contribution in [3.63, 3.8) is 0 Å². The van der Waals surface area contributed by atoms with Crippen LogP contribution in [0.15, 0.2) is 18.2 Å². The second-order valence-corrected chi connectivity index (χ2v) is 4.01. The number of hydrogen-bond donors (Lipinski definition) is 1. The highest BCUT2D eigenvalue weighted by Gasteiger charge is 2.18. The van der Waals surface area contributed by atoms with E-state index < -0.39 is 0 Å². The quantitative estimate of drug-likeness (QED) is 0.809. The van der Waals surface area contributed by atoms with Gasteiger partial charge in [-0.15, -0.1) is 0 Å². The second kappa shape index (κ2) is 5.61. The van der Waals surface area contributed by atoms with Crippen LogP contribution in [0.5, 0.6) is 0 Å². The molecular formula is C12H19N3O. The third-order valence-corrected chi connectivity index (χ3v) is 2.60. The first kappa shape index (κ1) is 12.6. The van der Waals surface area contributed by atoms with Crippen LogP contribution in [-0.2, 0) is 11.3 Å². The summed E-state index contributed by atoms with van der Waals surface area (Å²) < 4.78 is 0. The fraction of sp³-hybridized carbons (Fsp3) is 0.500. The van der Waals surface area contributed by atoms with E-state index >= 15 is 0 Å². The maximum Gasteiger partial charge on any atom is 0.234 e. The lowest BCUT2D eigenvalue weighted by Crippen LogP contribution is -2.41. The van der Waals surface area contributed by atoms with Gasteiger partial charge in [0.25, 0.3) is 0 Å². The molecule has 0 saturated heterocycles. The highest BCUT2D eigenvalue weighted by molar-refractivity contribution is 5.79. The highest BCUT2D eigenvalue weighted by Crippen LogP contribution is 2.07.